The maximum Gasteiger partial charge on any atom is 0.164 e. The van der Waals surface area contributed by atoms with E-state index in [1.54, 1.807) is 23.1 Å². The van der Waals surface area contributed by atoms with Crippen LogP contribution in [0.4, 0.5) is 5.82 Å². The second-order valence-electron chi connectivity index (χ2n) is 6.00. The Bertz CT molecular complexity index is 1160. The van der Waals surface area contributed by atoms with Crippen LogP contribution >= 0.6 is 0 Å². The number of hydrogen-bond acceptors (Lipinski definition) is 5. The topological polar surface area (TPSA) is 68.2 Å². The predicted molar refractivity (Wildman–Crippen MR) is 99.8 cm³/mol. The highest BCUT2D eigenvalue weighted by atomic mass is 16.3. The molecule has 0 aliphatic heterocycles. The van der Waals surface area contributed by atoms with Crippen molar-refractivity contribution in [3.8, 4) is 11.3 Å². The number of anilines is 1. The molecule has 126 valence electrons. The Labute approximate surface area is 149 Å². The SMILES string of the molecule is c1ccc2oc(-c3cc(NCc4ccncc4)nn4ccnc34)cc2c1. The number of furan rings is 1. The van der Waals surface area contributed by atoms with E-state index < -0.39 is 0 Å². The molecule has 5 aromatic rings. The Morgan fingerprint density at radius 3 is 2.77 bits per heavy atom. The van der Waals surface area contributed by atoms with Crippen LogP contribution in [0, 0.1) is 0 Å². The van der Waals surface area contributed by atoms with Crippen LogP contribution in [0.5, 0.6) is 0 Å². The highest BCUT2D eigenvalue weighted by molar-refractivity contribution is 5.86. The van der Waals surface area contributed by atoms with E-state index >= 15 is 0 Å². The molecular weight excluding hydrogens is 326 g/mol. The normalized spacial score (nSPS) is 11.2. The summed E-state index contributed by atoms with van der Waals surface area (Å²) >= 11 is 0. The van der Waals surface area contributed by atoms with Gasteiger partial charge >= 0.3 is 0 Å². The number of hydrogen-bond donors (Lipinski definition) is 1. The van der Waals surface area contributed by atoms with Gasteiger partial charge in [-0.15, -0.1) is 5.10 Å². The molecule has 26 heavy (non-hydrogen) atoms. The van der Waals surface area contributed by atoms with Crippen LogP contribution < -0.4 is 5.32 Å². The Balaban J connectivity index is 1.56. The van der Waals surface area contributed by atoms with Gasteiger partial charge in [0.2, 0.25) is 0 Å². The molecule has 5 rings (SSSR count). The molecule has 6 heteroatoms. The molecule has 0 radical (unpaired) electrons. The zero-order valence-electron chi connectivity index (χ0n) is 13.8. The van der Waals surface area contributed by atoms with Crippen molar-refractivity contribution in [2.75, 3.05) is 5.32 Å². The van der Waals surface area contributed by atoms with E-state index in [1.807, 2.05) is 54.7 Å². The zero-order chi connectivity index (χ0) is 17.3. The molecule has 0 fully saturated rings. The summed E-state index contributed by atoms with van der Waals surface area (Å²) in [7, 11) is 0. The first-order valence-electron chi connectivity index (χ1n) is 8.33. The monoisotopic (exact) mass is 341 g/mol. The average Bonchev–Trinajstić information content (AvgIpc) is 3.33. The summed E-state index contributed by atoms with van der Waals surface area (Å²) in [6, 6.07) is 15.9. The van der Waals surface area contributed by atoms with E-state index in [4.69, 9.17) is 4.42 Å². The maximum atomic E-state index is 6.03. The molecule has 0 saturated carbocycles. The van der Waals surface area contributed by atoms with Crippen molar-refractivity contribution in [1.82, 2.24) is 19.6 Å². The van der Waals surface area contributed by atoms with Gasteiger partial charge in [0, 0.05) is 36.7 Å². The second-order valence-corrected chi connectivity index (χ2v) is 6.00. The fourth-order valence-electron chi connectivity index (χ4n) is 2.99. The van der Waals surface area contributed by atoms with Crippen LogP contribution in [0.1, 0.15) is 5.56 Å². The molecule has 1 aromatic carbocycles. The summed E-state index contributed by atoms with van der Waals surface area (Å²) in [6.45, 7) is 0.662. The standard InChI is InChI=1S/C20H15N5O/c1-2-4-17-15(3-1)11-18(26-17)16-12-19(24-25-10-9-22-20(16)25)23-13-14-5-7-21-8-6-14/h1-12H,13H2,(H,23,24). The van der Waals surface area contributed by atoms with Gasteiger partial charge in [-0.25, -0.2) is 9.50 Å². The number of imidazole rings is 1. The molecule has 4 aromatic heterocycles. The first-order chi connectivity index (χ1) is 12.9. The quantitative estimate of drug-likeness (QED) is 0.532. The fourth-order valence-corrected chi connectivity index (χ4v) is 2.99. The van der Waals surface area contributed by atoms with E-state index in [0.717, 1.165) is 39.3 Å². The van der Waals surface area contributed by atoms with Gasteiger partial charge < -0.3 is 9.73 Å². The first-order valence-corrected chi connectivity index (χ1v) is 8.33. The molecule has 1 N–H and O–H groups in total. The minimum atomic E-state index is 0.662. The highest BCUT2D eigenvalue weighted by Crippen LogP contribution is 2.31. The van der Waals surface area contributed by atoms with Crippen molar-refractivity contribution in [2.24, 2.45) is 0 Å². The summed E-state index contributed by atoms with van der Waals surface area (Å²) in [5.41, 5.74) is 3.66. The number of nitrogens with one attached hydrogen (secondary N) is 1. The summed E-state index contributed by atoms with van der Waals surface area (Å²) in [6.07, 6.45) is 7.13. The average molecular weight is 341 g/mol. The number of para-hydroxylation sites is 1. The molecule has 0 aliphatic carbocycles. The molecule has 0 atom stereocenters. The van der Waals surface area contributed by atoms with Crippen LogP contribution in [-0.4, -0.2) is 19.6 Å². The van der Waals surface area contributed by atoms with E-state index in [0.29, 0.717) is 6.54 Å². The number of rotatable bonds is 4. The van der Waals surface area contributed by atoms with Crippen molar-refractivity contribution in [2.45, 2.75) is 6.54 Å². The maximum absolute atomic E-state index is 6.03. The molecule has 0 amide bonds. The highest BCUT2D eigenvalue weighted by Gasteiger charge is 2.13. The third-order valence-corrected chi connectivity index (χ3v) is 4.27. The molecule has 6 nitrogen and oxygen atoms in total. The molecule has 0 spiro atoms. The van der Waals surface area contributed by atoms with Crippen molar-refractivity contribution >= 4 is 22.4 Å². The van der Waals surface area contributed by atoms with Gasteiger partial charge in [-0.05, 0) is 35.9 Å². The van der Waals surface area contributed by atoms with Gasteiger partial charge in [0.25, 0.3) is 0 Å². The summed E-state index contributed by atoms with van der Waals surface area (Å²) < 4.78 is 7.79. The Kier molecular flexibility index (Phi) is 3.38. The van der Waals surface area contributed by atoms with Gasteiger partial charge in [0.05, 0.1) is 5.56 Å². The fraction of sp³-hybridized carbons (Fsp3) is 0.0500. The number of fused-ring (bicyclic) bond motifs is 2. The van der Waals surface area contributed by atoms with Crippen molar-refractivity contribution in [3.63, 3.8) is 0 Å². The molecule has 4 heterocycles. The van der Waals surface area contributed by atoms with Crippen LogP contribution in [0.3, 0.4) is 0 Å². The van der Waals surface area contributed by atoms with Crippen molar-refractivity contribution in [1.29, 1.82) is 0 Å². The summed E-state index contributed by atoms with van der Waals surface area (Å²) in [4.78, 5) is 8.47. The lowest BCUT2D eigenvalue weighted by molar-refractivity contribution is 0.631. The van der Waals surface area contributed by atoms with E-state index in [2.05, 4.69) is 20.4 Å². The largest absolute Gasteiger partial charge is 0.456 e. The zero-order valence-corrected chi connectivity index (χ0v) is 13.8. The van der Waals surface area contributed by atoms with Gasteiger partial charge in [0.15, 0.2) is 5.65 Å². The van der Waals surface area contributed by atoms with Crippen LogP contribution in [0.2, 0.25) is 0 Å². The molecule has 0 saturated heterocycles. The molecule has 0 bridgehead atoms. The Morgan fingerprint density at radius 2 is 1.88 bits per heavy atom. The first kappa shape index (κ1) is 14.7. The lowest BCUT2D eigenvalue weighted by atomic mass is 10.2. The smallest absolute Gasteiger partial charge is 0.164 e. The summed E-state index contributed by atoms with van der Waals surface area (Å²) in [5.74, 6) is 1.53. The predicted octanol–water partition coefficient (Wildman–Crippen LogP) is 4.15. The van der Waals surface area contributed by atoms with Crippen LogP contribution in [0.15, 0.2) is 77.7 Å². The number of aromatic nitrogens is 4. The third kappa shape index (κ3) is 2.57. The number of pyridine rings is 1. The van der Waals surface area contributed by atoms with E-state index in [-0.39, 0.29) is 0 Å². The van der Waals surface area contributed by atoms with Gasteiger partial charge in [0.1, 0.15) is 17.2 Å². The molecule has 0 unspecified atom stereocenters. The summed E-state index contributed by atoms with van der Waals surface area (Å²) in [5, 5.41) is 9.00. The van der Waals surface area contributed by atoms with E-state index in [9.17, 15) is 0 Å². The van der Waals surface area contributed by atoms with Crippen molar-refractivity contribution in [3.05, 3.63) is 78.9 Å². The van der Waals surface area contributed by atoms with Gasteiger partial charge in [-0.3, -0.25) is 4.98 Å². The van der Waals surface area contributed by atoms with E-state index in [1.165, 1.54) is 0 Å². The van der Waals surface area contributed by atoms with Gasteiger partial charge in [-0.1, -0.05) is 18.2 Å². The third-order valence-electron chi connectivity index (χ3n) is 4.27. The van der Waals surface area contributed by atoms with Crippen LogP contribution in [-0.2, 0) is 6.54 Å². The lowest BCUT2D eigenvalue weighted by Crippen LogP contribution is -2.05. The number of benzene rings is 1. The van der Waals surface area contributed by atoms with Gasteiger partial charge in [-0.2, -0.15) is 0 Å². The van der Waals surface area contributed by atoms with Crippen molar-refractivity contribution < 1.29 is 4.42 Å². The van der Waals surface area contributed by atoms with Crippen LogP contribution in [0.25, 0.3) is 27.9 Å². The lowest BCUT2D eigenvalue weighted by Gasteiger charge is -2.08. The minimum absolute atomic E-state index is 0.662. The second kappa shape index (κ2) is 6.00. The molecular formula is C20H15N5O. The number of nitrogens with zero attached hydrogens (tertiary/aromatic N) is 4. The molecule has 0 aliphatic rings. The minimum Gasteiger partial charge on any atom is -0.456 e. The Hall–Kier alpha value is -3.67. The Morgan fingerprint density at radius 1 is 1.00 bits per heavy atom.